The van der Waals surface area contributed by atoms with Gasteiger partial charge in [-0.25, -0.2) is 4.68 Å². The zero-order chi connectivity index (χ0) is 22.6. The summed E-state index contributed by atoms with van der Waals surface area (Å²) in [4.78, 5) is 15.8. The first-order valence-corrected chi connectivity index (χ1v) is 11.4. The number of aryl methyl sites for hydroxylation is 1. The lowest BCUT2D eigenvalue weighted by Crippen LogP contribution is -2.34. The summed E-state index contributed by atoms with van der Waals surface area (Å²) in [5, 5.41) is 10.3. The Morgan fingerprint density at radius 1 is 1.15 bits per heavy atom. The molecule has 0 bridgehead atoms. The molecule has 1 aliphatic carbocycles. The Morgan fingerprint density at radius 2 is 2.03 bits per heavy atom. The molecule has 170 valence electrons. The summed E-state index contributed by atoms with van der Waals surface area (Å²) in [6, 6.07) is 8.15. The molecule has 10 heteroatoms. The van der Waals surface area contributed by atoms with Gasteiger partial charge in [-0.3, -0.25) is 4.68 Å². The minimum Gasteiger partial charge on any atom is -0.368 e. The van der Waals surface area contributed by atoms with Crippen molar-refractivity contribution in [2.24, 2.45) is 7.05 Å². The van der Waals surface area contributed by atoms with Gasteiger partial charge in [-0.1, -0.05) is 12.1 Å². The van der Waals surface area contributed by atoms with Gasteiger partial charge in [0.15, 0.2) is 12.1 Å². The van der Waals surface area contributed by atoms with Crippen LogP contribution < -0.4 is 10.6 Å². The van der Waals surface area contributed by atoms with E-state index < -0.39 is 0 Å². The Bertz CT molecular complexity index is 1320. The van der Waals surface area contributed by atoms with E-state index in [-0.39, 0.29) is 17.7 Å². The number of ether oxygens (including phenoxy) is 1. The predicted octanol–water partition coefficient (Wildman–Crippen LogP) is 3.03. The van der Waals surface area contributed by atoms with Crippen molar-refractivity contribution in [3.63, 3.8) is 0 Å². The summed E-state index contributed by atoms with van der Waals surface area (Å²) < 4.78 is 9.75. The van der Waals surface area contributed by atoms with Gasteiger partial charge in [-0.05, 0) is 44.2 Å². The van der Waals surface area contributed by atoms with Gasteiger partial charge < -0.3 is 15.4 Å². The minimum absolute atomic E-state index is 0.0373. The third-order valence-electron chi connectivity index (χ3n) is 6.78. The second kappa shape index (κ2) is 7.51. The number of anilines is 2. The highest BCUT2D eigenvalue weighted by Gasteiger charge is 2.51. The fourth-order valence-corrected chi connectivity index (χ4v) is 4.72. The van der Waals surface area contributed by atoms with Crippen LogP contribution in [0.4, 0.5) is 11.9 Å². The van der Waals surface area contributed by atoms with Crippen molar-refractivity contribution >= 4 is 22.8 Å². The van der Waals surface area contributed by atoms with Crippen LogP contribution in [-0.4, -0.2) is 48.2 Å². The summed E-state index contributed by atoms with van der Waals surface area (Å²) in [7, 11) is 3.93. The second-order valence-electron chi connectivity index (χ2n) is 8.97. The summed E-state index contributed by atoms with van der Waals surface area (Å²) >= 11 is 0. The first-order chi connectivity index (χ1) is 16.0. The van der Waals surface area contributed by atoms with Crippen molar-refractivity contribution in [2.45, 2.75) is 43.9 Å². The van der Waals surface area contributed by atoms with Crippen LogP contribution in [0.5, 0.6) is 0 Å². The van der Waals surface area contributed by atoms with Crippen molar-refractivity contribution in [3.8, 4) is 11.4 Å². The average Bonchev–Trinajstić information content (AvgIpc) is 3.34. The maximum absolute atomic E-state index is 6.13. The van der Waals surface area contributed by atoms with Gasteiger partial charge in [0.05, 0.1) is 22.9 Å². The van der Waals surface area contributed by atoms with Gasteiger partial charge in [-0.2, -0.15) is 25.1 Å². The molecule has 1 saturated carbocycles. The molecule has 0 spiro atoms. The number of hydrogen-bond acceptors (Lipinski definition) is 8. The maximum Gasteiger partial charge on any atom is 0.231 e. The molecule has 2 fully saturated rings. The predicted molar refractivity (Wildman–Crippen MR) is 124 cm³/mol. The number of nitrogens with zero attached hydrogens (tertiary/aromatic N) is 8. The highest BCUT2D eigenvalue weighted by molar-refractivity contribution is 5.83. The van der Waals surface area contributed by atoms with Crippen molar-refractivity contribution in [1.29, 1.82) is 0 Å². The summed E-state index contributed by atoms with van der Waals surface area (Å²) in [5.74, 6) is 1.29. The van der Waals surface area contributed by atoms with Crippen LogP contribution in [0.2, 0.25) is 0 Å². The van der Waals surface area contributed by atoms with E-state index in [0.717, 1.165) is 60.9 Å². The van der Waals surface area contributed by atoms with Gasteiger partial charge in [-0.15, -0.1) is 0 Å². The van der Waals surface area contributed by atoms with Gasteiger partial charge in [0, 0.05) is 37.8 Å². The molecule has 1 unspecified atom stereocenters. The number of aromatic nitrogens is 7. The average molecular weight is 446 g/mol. The number of nitrogens with two attached hydrogens (primary N) is 1. The largest absolute Gasteiger partial charge is 0.368 e. The lowest BCUT2D eigenvalue weighted by atomic mass is 10.1. The molecule has 10 nitrogen and oxygen atoms in total. The van der Waals surface area contributed by atoms with Crippen molar-refractivity contribution in [2.75, 3.05) is 24.3 Å². The Morgan fingerprint density at radius 3 is 2.76 bits per heavy atom. The Labute approximate surface area is 191 Å². The molecule has 1 aromatic carbocycles. The first kappa shape index (κ1) is 20.1. The molecule has 1 aliphatic heterocycles. The first-order valence-electron chi connectivity index (χ1n) is 11.4. The van der Waals surface area contributed by atoms with E-state index in [0.29, 0.717) is 11.8 Å². The molecule has 2 N–H and O–H groups in total. The van der Waals surface area contributed by atoms with Crippen LogP contribution in [0, 0.1) is 0 Å². The molecular weight excluding hydrogens is 418 g/mol. The molecule has 4 aromatic rings. The van der Waals surface area contributed by atoms with Crippen molar-refractivity contribution in [3.05, 3.63) is 42.4 Å². The number of nitrogen functional groups attached to an aromatic ring is 1. The number of benzene rings is 1. The zero-order valence-electron chi connectivity index (χ0n) is 18.8. The van der Waals surface area contributed by atoms with Crippen LogP contribution in [0.1, 0.15) is 44.0 Å². The van der Waals surface area contributed by atoms with E-state index in [9.17, 15) is 0 Å². The van der Waals surface area contributed by atoms with Crippen molar-refractivity contribution < 1.29 is 4.74 Å². The summed E-state index contributed by atoms with van der Waals surface area (Å²) in [6.07, 6.45) is 8.99. The summed E-state index contributed by atoms with van der Waals surface area (Å²) in [5.41, 5.74) is 8.82. The van der Waals surface area contributed by atoms with E-state index in [1.807, 2.05) is 48.0 Å². The molecule has 2 aliphatic rings. The summed E-state index contributed by atoms with van der Waals surface area (Å²) in [6.45, 7) is 0.767. The van der Waals surface area contributed by atoms with Gasteiger partial charge >= 0.3 is 0 Å². The fraction of sp³-hybridized carbons (Fsp3) is 0.435. The minimum atomic E-state index is -0.201. The topological polar surface area (TPSA) is 113 Å². The Hall–Kier alpha value is -3.53. The maximum atomic E-state index is 6.13. The molecule has 0 amide bonds. The lowest BCUT2D eigenvalue weighted by molar-refractivity contribution is -0.0366. The van der Waals surface area contributed by atoms with Crippen LogP contribution >= 0.6 is 0 Å². The van der Waals surface area contributed by atoms with Crippen LogP contribution in [0.3, 0.4) is 0 Å². The molecule has 4 heterocycles. The van der Waals surface area contributed by atoms with E-state index in [1.165, 1.54) is 0 Å². The highest BCUT2D eigenvalue weighted by atomic mass is 16.5. The van der Waals surface area contributed by atoms with Gasteiger partial charge in [0.1, 0.15) is 0 Å². The molecule has 3 aromatic heterocycles. The van der Waals surface area contributed by atoms with Crippen LogP contribution in [0.25, 0.3) is 22.3 Å². The molecule has 33 heavy (non-hydrogen) atoms. The molecule has 6 rings (SSSR count). The monoisotopic (exact) mass is 445 g/mol. The second-order valence-corrected chi connectivity index (χ2v) is 8.97. The fourth-order valence-electron chi connectivity index (χ4n) is 4.72. The van der Waals surface area contributed by atoms with E-state index in [4.69, 9.17) is 15.5 Å². The standard InChI is InChI=1S/C23H27N9O/c1-30-11-8-18(29-30)23(9-10-23)31(2)22-27-20(26-21(24)28-22)15-6-7-16-14-25-32(17(16)13-15)19-5-3-4-12-33-19/h6-8,11,13-14,19H,3-5,9-10,12H2,1-2H3,(H2,24,26,27,28). The Balaban J connectivity index is 1.37. The Kier molecular flexibility index (Phi) is 4.58. The van der Waals surface area contributed by atoms with Crippen molar-refractivity contribution in [1.82, 2.24) is 34.5 Å². The normalized spacial score (nSPS) is 19.6. The lowest BCUT2D eigenvalue weighted by Gasteiger charge is -2.27. The molecule has 1 atom stereocenters. The highest BCUT2D eigenvalue weighted by Crippen LogP contribution is 2.50. The van der Waals surface area contributed by atoms with Gasteiger partial charge in [0.2, 0.25) is 11.9 Å². The zero-order valence-corrected chi connectivity index (χ0v) is 18.8. The van der Waals surface area contributed by atoms with E-state index >= 15 is 0 Å². The van der Waals surface area contributed by atoms with E-state index in [2.05, 4.69) is 37.2 Å². The smallest absolute Gasteiger partial charge is 0.231 e. The number of hydrogen-bond donors (Lipinski definition) is 1. The van der Waals surface area contributed by atoms with E-state index in [1.54, 1.807) is 0 Å². The number of fused-ring (bicyclic) bond motifs is 1. The quantitative estimate of drug-likeness (QED) is 0.499. The molecular formula is C23H27N9O. The third-order valence-corrected chi connectivity index (χ3v) is 6.78. The van der Waals surface area contributed by atoms with Crippen LogP contribution in [-0.2, 0) is 17.3 Å². The molecule has 0 radical (unpaired) electrons. The number of rotatable bonds is 5. The molecule has 1 saturated heterocycles. The third kappa shape index (κ3) is 3.41. The SMILES string of the molecule is CN(c1nc(N)nc(-c2ccc3cnn(C4CCCCO4)c3c2)n1)C1(c2ccn(C)n2)CC1. The van der Waals surface area contributed by atoms with Crippen LogP contribution in [0.15, 0.2) is 36.7 Å². The van der Waals surface area contributed by atoms with Gasteiger partial charge in [0.25, 0.3) is 0 Å².